The Bertz CT molecular complexity index is 1040. The van der Waals surface area contributed by atoms with Crippen LogP contribution in [0.5, 0.6) is 11.5 Å². The maximum absolute atomic E-state index is 8.83. The van der Waals surface area contributed by atoms with E-state index >= 15 is 0 Å². The average molecular weight is 497 g/mol. The van der Waals surface area contributed by atoms with E-state index < -0.39 is 0 Å². The fraction of sp³-hybridized carbons (Fsp3) is 0.364. The van der Waals surface area contributed by atoms with E-state index in [0.29, 0.717) is 0 Å². The van der Waals surface area contributed by atoms with Crippen molar-refractivity contribution in [3.8, 4) is 17.6 Å². The van der Waals surface area contributed by atoms with Gasteiger partial charge < -0.3 is 14.4 Å². The standard InChI is InChI=1S/C33H40N2O2/c1-3-5-7-9-26-36-32-21-17-30(18-22-32)35(29-15-13-28(14-16-29)12-11-25-34)31-19-23-33(24-20-31)37-27-10-8-6-4-2/h11-24H,3-10,26-27H2,1-2H3/b12-11+. The molecule has 0 amide bonds. The predicted molar refractivity (Wildman–Crippen MR) is 155 cm³/mol. The number of anilines is 3. The van der Waals surface area contributed by atoms with Gasteiger partial charge in [0, 0.05) is 23.1 Å². The Hall–Kier alpha value is -3.71. The van der Waals surface area contributed by atoms with E-state index in [-0.39, 0.29) is 0 Å². The van der Waals surface area contributed by atoms with Crippen LogP contribution >= 0.6 is 0 Å². The highest BCUT2D eigenvalue weighted by molar-refractivity contribution is 5.77. The smallest absolute Gasteiger partial charge is 0.119 e. The molecule has 0 N–H and O–H groups in total. The fourth-order valence-corrected chi connectivity index (χ4v) is 4.14. The van der Waals surface area contributed by atoms with Gasteiger partial charge in [-0.25, -0.2) is 0 Å². The molecule has 0 spiro atoms. The largest absolute Gasteiger partial charge is 0.494 e. The van der Waals surface area contributed by atoms with Gasteiger partial charge in [0.2, 0.25) is 0 Å². The normalized spacial score (nSPS) is 10.8. The van der Waals surface area contributed by atoms with E-state index in [1.54, 1.807) is 0 Å². The molecule has 3 rings (SSSR count). The molecule has 0 bridgehead atoms. The summed E-state index contributed by atoms with van der Waals surface area (Å²) in [4.78, 5) is 2.22. The summed E-state index contributed by atoms with van der Waals surface area (Å²) in [6.45, 7) is 5.94. The molecule has 0 aliphatic heterocycles. The minimum atomic E-state index is 0.751. The Balaban J connectivity index is 1.77. The maximum atomic E-state index is 8.83. The summed E-state index contributed by atoms with van der Waals surface area (Å²) in [5, 5.41) is 8.83. The molecular weight excluding hydrogens is 456 g/mol. The van der Waals surface area contributed by atoms with Crippen molar-refractivity contribution in [2.24, 2.45) is 0 Å². The van der Waals surface area contributed by atoms with Crippen molar-refractivity contribution >= 4 is 23.1 Å². The lowest BCUT2D eigenvalue weighted by molar-refractivity contribution is 0.305. The molecule has 4 nitrogen and oxygen atoms in total. The molecule has 4 heteroatoms. The van der Waals surface area contributed by atoms with Gasteiger partial charge in [0.05, 0.1) is 19.3 Å². The second kappa shape index (κ2) is 16.1. The number of hydrogen-bond donors (Lipinski definition) is 0. The summed E-state index contributed by atoms with van der Waals surface area (Å²) in [6.07, 6.45) is 12.9. The zero-order valence-corrected chi connectivity index (χ0v) is 22.4. The first-order valence-corrected chi connectivity index (χ1v) is 13.7. The van der Waals surface area contributed by atoms with Gasteiger partial charge in [-0.2, -0.15) is 5.26 Å². The van der Waals surface area contributed by atoms with Crippen molar-refractivity contribution in [3.05, 3.63) is 84.4 Å². The van der Waals surface area contributed by atoms with Crippen LogP contribution in [0.4, 0.5) is 17.1 Å². The molecule has 0 aliphatic carbocycles. The second-order valence-electron chi connectivity index (χ2n) is 9.20. The second-order valence-corrected chi connectivity index (χ2v) is 9.20. The highest BCUT2D eigenvalue weighted by Gasteiger charge is 2.13. The van der Waals surface area contributed by atoms with E-state index in [4.69, 9.17) is 14.7 Å². The van der Waals surface area contributed by atoms with E-state index in [1.807, 2.05) is 48.5 Å². The van der Waals surface area contributed by atoms with Crippen molar-refractivity contribution in [3.63, 3.8) is 0 Å². The van der Waals surface area contributed by atoms with E-state index in [2.05, 4.69) is 55.1 Å². The van der Waals surface area contributed by atoms with Gasteiger partial charge in [0.1, 0.15) is 11.5 Å². The third-order valence-corrected chi connectivity index (χ3v) is 6.22. The molecule has 0 saturated heterocycles. The molecule has 37 heavy (non-hydrogen) atoms. The van der Waals surface area contributed by atoms with E-state index in [9.17, 15) is 0 Å². The average Bonchev–Trinajstić information content (AvgIpc) is 2.94. The maximum Gasteiger partial charge on any atom is 0.119 e. The van der Waals surface area contributed by atoms with Crippen LogP contribution in [0.3, 0.4) is 0 Å². The molecule has 0 aliphatic rings. The van der Waals surface area contributed by atoms with Crippen LogP contribution in [0.1, 0.15) is 70.8 Å². The van der Waals surface area contributed by atoms with Gasteiger partial charge in [-0.15, -0.1) is 0 Å². The number of nitriles is 1. The van der Waals surface area contributed by atoms with Crippen LogP contribution in [0.2, 0.25) is 0 Å². The zero-order valence-electron chi connectivity index (χ0n) is 22.4. The topological polar surface area (TPSA) is 45.5 Å². The summed E-state index contributed by atoms with van der Waals surface area (Å²) >= 11 is 0. The molecule has 3 aromatic rings. The van der Waals surface area contributed by atoms with Crippen LogP contribution < -0.4 is 14.4 Å². The van der Waals surface area contributed by atoms with Crippen LogP contribution in [0.15, 0.2) is 78.9 Å². The highest BCUT2D eigenvalue weighted by atomic mass is 16.5. The van der Waals surface area contributed by atoms with Crippen molar-refractivity contribution in [1.82, 2.24) is 0 Å². The Morgan fingerprint density at radius 1 is 0.622 bits per heavy atom. The first-order valence-electron chi connectivity index (χ1n) is 13.7. The molecular formula is C33H40N2O2. The first kappa shape index (κ1) is 27.9. The quantitative estimate of drug-likeness (QED) is 0.146. The Morgan fingerprint density at radius 3 is 1.46 bits per heavy atom. The Labute approximate surface area is 223 Å². The number of hydrogen-bond acceptors (Lipinski definition) is 4. The van der Waals surface area contributed by atoms with Crippen molar-refractivity contribution in [2.45, 2.75) is 65.2 Å². The summed E-state index contributed by atoms with van der Waals surface area (Å²) in [6, 6.07) is 26.8. The molecule has 0 fully saturated rings. The summed E-state index contributed by atoms with van der Waals surface area (Å²) in [5.41, 5.74) is 4.12. The molecule has 194 valence electrons. The zero-order chi connectivity index (χ0) is 26.1. The van der Waals surface area contributed by atoms with Gasteiger partial charge in [0.25, 0.3) is 0 Å². The summed E-state index contributed by atoms with van der Waals surface area (Å²) in [7, 11) is 0. The fourth-order valence-electron chi connectivity index (χ4n) is 4.14. The molecule has 0 aromatic heterocycles. The number of ether oxygens (including phenoxy) is 2. The lowest BCUT2D eigenvalue weighted by Crippen LogP contribution is -2.10. The number of rotatable bonds is 16. The number of unbranched alkanes of at least 4 members (excludes halogenated alkanes) is 6. The highest BCUT2D eigenvalue weighted by Crippen LogP contribution is 2.36. The van der Waals surface area contributed by atoms with Gasteiger partial charge in [-0.3, -0.25) is 0 Å². The van der Waals surface area contributed by atoms with Crippen molar-refractivity contribution in [2.75, 3.05) is 18.1 Å². The Morgan fingerprint density at radius 2 is 1.05 bits per heavy atom. The van der Waals surface area contributed by atoms with Crippen LogP contribution in [0.25, 0.3) is 6.08 Å². The third kappa shape index (κ3) is 9.35. The van der Waals surface area contributed by atoms with Gasteiger partial charge >= 0.3 is 0 Å². The van der Waals surface area contributed by atoms with Crippen molar-refractivity contribution in [1.29, 1.82) is 5.26 Å². The number of benzene rings is 3. The number of allylic oxidation sites excluding steroid dienone is 1. The molecule has 3 aromatic carbocycles. The number of nitrogens with zero attached hydrogens (tertiary/aromatic N) is 2. The van der Waals surface area contributed by atoms with Gasteiger partial charge in [-0.05, 0) is 85.1 Å². The van der Waals surface area contributed by atoms with Crippen LogP contribution in [-0.2, 0) is 0 Å². The molecule has 0 unspecified atom stereocenters. The lowest BCUT2D eigenvalue weighted by Gasteiger charge is -2.26. The minimum absolute atomic E-state index is 0.751. The molecule has 0 heterocycles. The van der Waals surface area contributed by atoms with Gasteiger partial charge in [-0.1, -0.05) is 64.5 Å². The van der Waals surface area contributed by atoms with Crippen LogP contribution in [-0.4, -0.2) is 13.2 Å². The SMILES string of the molecule is CCCCCCOc1ccc(N(c2ccc(/C=C/C#N)cc2)c2ccc(OCCCCCC)cc2)cc1. The van der Waals surface area contributed by atoms with E-state index in [1.165, 1.54) is 44.6 Å². The van der Waals surface area contributed by atoms with Gasteiger partial charge in [0.15, 0.2) is 0 Å². The van der Waals surface area contributed by atoms with E-state index in [0.717, 1.165) is 60.2 Å². The first-order chi connectivity index (χ1) is 18.2. The lowest BCUT2D eigenvalue weighted by atomic mass is 10.1. The Kier molecular flexibility index (Phi) is 12.1. The molecule has 0 saturated carbocycles. The summed E-state index contributed by atoms with van der Waals surface area (Å²) in [5.74, 6) is 1.79. The predicted octanol–water partition coefficient (Wildman–Crippen LogP) is 9.61. The molecule has 0 atom stereocenters. The van der Waals surface area contributed by atoms with Crippen LogP contribution in [0, 0.1) is 11.3 Å². The minimum Gasteiger partial charge on any atom is -0.494 e. The molecule has 0 radical (unpaired) electrons. The third-order valence-electron chi connectivity index (χ3n) is 6.22. The van der Waals surface area contributed by atoms with Crippen molar-refractivity contribution < 1.29 is 9.47 Å². The monoisotopic (exact) mass is 496 g/mol. The summed E-state index contributed by atoms with van der Waals surface area (Å²) < 4.78 is 11.9.